The number of aryl methyl sites for hydroxylation is 1. The third-order valence-corrected chi connectivity index (χ3v) is 6.96. The fourth-order valence-electron chi connectivity index (χ4n) is 3.28. The summed E-state index contributed by atoms with van der Waals surface area (Å²) in [5.41, 5.74) is 2.32. The van der Waals surface area contributed by atoms with Crippen LogP contribution < -0.4 is 0 Å². The van der Waals surface area contributed by atoms with Crippen molar-refractivity contribution in [3.8, 4) is 0 Å². The molecule has 1 aromatic heterocycles. The van der Waals surface area contributed by atoms with E-state index in [2.05, 4.69) is 23.0 Å². The molecule has 0 radical (unpaired) electrons. The molecule has 1 fully saturated rings. The van der Waals surface area contributed by atoms with Crippen LogP contribution in [-0.4, -0.2) is 21.9 Å². The van der Waals surface area contributed by atoms with Crippen molar-refractivity contribution in [3.63, 3.8) is 0 Å². The molecular formula is C20H26F3NOS2. The lowest BCUT2D eigenvalue weighted by Crippen LogP contribution is -2.09. The molecule has 1 aliphatic rings. The third-order valence-electron chi connectivity index (χ3n) is 4.79. The monoisotopic (exact) mass is 417 g/mol. The second kappa shape index (κ2) is 11.1. The highest BCUT2D eigenvalue weighted by atomic mass is 32.2. The van der Waals surface area contributed by atoms with E-state index in [0.717, 1.165) is 35.0 Å². The largest absolute Gasteiger partial charge is 0.393 e. The van der Waals surface area contributed by atoms with E-state index in [1.54, 1.807) is 23.1 Å². The minimum absolute atomic E-state index is 0.00180. The number of thiazole rings is 1. The average molecular weight is 418 g/mol. The van der Waals surface area contributed by atoms with Gasteiger partial charge in [-0.25, -0.2) is 9.37 Å². The molecule has 2 nitrogen and oxygen atoms in total. The number of aliphatic hydroxyl groups excluding tert-OH is 1. The number of hydrogen-bond acceptors (Lipinski definition) is 4. The van der Waals surface area contributed by atoms with Gasteiger partial charge in [-0.1, -0.05) is 36.1 Å². The minimum atomic E-state index is -2.30. The van der Waals surface area contributed by atoms with Crippen LogP contribution in [-0.2, 0) is 0 Å². The number of rotatable bonds is 10. The fraction of sp³-hybridized carbons (Fsp3) is 0.550. The second-order valence-electron chi connectivity index (χ2n) is 6.88. The SMILES string of the molecule is C=C1CCC(/C=C/CC(O)CCC(F)=C(F)F)C1CCSc1nc(C)cs1. The van der Waals surface area contributed by atoms with Gasteiger partial charge in [0.1, 0.15) is 4.34 Å². The maximum absolute atomic E-state index is 12.8. The summed E-state index contributed by atoms with van der Waals surface area (Å²) in [5.74, 6) is 0.374. The van der Waals surface area contributed by atoms with Crippen molar-refractivity contribution < 1.29 is 18.3 Å². The molecular weight excluding hydrogens is 391 g/mol. The first kappa shape index (κ1) is 22.2. The van der Waals surface area contributed by atoms with Crippen molar-refractivity contribution in [2.24, 2.45) is 11.8 Å². The molecule has 0 aromatic carbocycles. The second-order valence-corrected chi connectivity index (χ2v) is 9.08. The number of aromatic nitrogens is 1. The van der Waals surface area contributed by atoms with Crippen molar-refractivity contribution in [1.82, 2.24) is 4.98 Å². The van der Waals surface area contributed by atoms with Crippen LogP contribution in [0.25, 0.3) is 0 Å². The molecule has 2 rings (SSSR count). The number of nitrogens with zero attached hydrogens (tertiary/aromatic N) is 1. The highest BCUT2D eigenvalue weighted by Gasteiger charge is 2.28. The molecule has 1 heterocycles. The zero-order chi connectivity index (χ0) is 19.8. The predicted molar refractivity (Wildman–Crippen MR) is 107 cm³/mol. The number of allylic oxidation sites excluding steroid dienone is 3. The highest BCUT2D eigenvalue weighted by Crippen LogP contribution is 2.40. The van der Waals surface area contributed by atoms with E-state index >= 15 is 0 Å². The van der Waals surface area contributed by atoms with E-state index in [4.69, 9.17) is 0 Å². The Labute approximate surface area is 167 Å². The highest BCUT2D eigenvalue weighted by molar-refractivity contribution is 8.01. The molecule has 0 spiro atoms. The van der Waals surface area contributed by atoms with Crippen LogP contribution in [0.3, 0.4) is 0 Å². The van der Waals surface area contributed by atoms with E-state index < -0.39 is 24.4 Å². The van der Waals surface area contributed by atoms with E-state index in [1.807, 2.05) is 13.0 Å². The normalized spacial score (nSPS) is 21.1. The van der Waals surface area contributed by atoms with Crippen molar-refractivity contribution in [2.75, 3.05) is 5.75 Å². The first-order chi connectivity index (χ1) is 12.9. The van der Waals surface area contributed by atoms with E-state index in [0.29, 0.717) is 18.3 Å². The molecule has 3 unspecified atom stereocenters. The van der Waals surface area contributed by atoms with Gasteiger partial charge < -0.3 is 5.11 Å². The Morgan fingerprint density at radius 1 is 1.48 bits per heavy atom. The van der Waals surface area contributed by atoms with Crippen molar-refractivity contribution in [2.45, 2.75) is 55.9 Å². The number of thioether (sulfide) groups is 1. The smallest absolute Gasteiger partial charge is 0.301 e. The van der Waals surface area contributed by atoms with E-state index in [9.17, 15) is 18.3 Å². The fourth-order valence-corrected chi connectivity index (χ4v) is 5.22. The van der Waals surface area contributed by atoms with Gasteiger partial charge in [0.05, 0.1) is 6.10 Å². The summed E-state index contributed by atoms with van der Waals surface area (Å²) >= 11 is 3.44. The zero-order valence-electron chi connectivity index (χ0n) is 15.5. The summed E-state index contributed by atoms with van der Waals surface area (Å²) < 4.78 is 37.9. The van der Waals surface area contributed by atoms with Crippen LogP contribution in [0.2, 0.25) is 0 Å². The molecule has 27 heavy (non-hydrogen) atoms. The molecule has 150 valence electrons. The molecule has 1 N–H and O–H groups in total. The molecule has 1 aromatic rings. The first-order valence-corrected chi connectivity index (χ1v) is 11.0. The lowest BCUT2D eigenvalue weighted by Gasteiger charge is -2.17. The van der Waals surface area contributed by atoms with Gasteiger partial charge in [-0.2, -0.15) is 8.78 Å². The summed E-state index contributed by atoms with van der Waals surface area (Å²) in [5, 5.41) is 11.9. The quantitative estimate of drug-likeness (QED) is 0.340. The lowest BCUT2D eigenvalue weighted by molar-refractivity contribution is 0.164. The molecule has 0 aliphatic heterocycles. The molecule has 3 atom stereocenters. The first-order valence-electron chi connectivity index (χ1n) is 9.13. The van der Waals surface area contributed by atoms with Crippen molar-refractivity contribution in [3.05, 3.63) is 47.3 Å². The summed E-state index contributed by atoms with van der Waals surface area (Å²) in [6.07, 6.45) is 3.91. The molecule has 1 saturated carbocycles. The van der Waals surface area contributed by atoms with Crippen LogP contribution in [0, 0.1) is 18.8 Å². The molecule has 0 bridgehead atoms. The van der Waals surface area contributed by atoms with Crippen LogP contribution in [0.5, 0.6) is 0 Å². The number of hydrogen-bond donors (Lipinski definition) is 1. The Bertz CT molecular complexity index is 683. The summed E-state index contributed by atoms with van der Waals surface area (Å²) in [6, 6.07) is 0. The number of aliphatic hydroxyl groups is 1. The minimum Gasteiger partial charge on any atom is -0.393 e. The van der Waals surface area contributed by atoms with Crippen LogP contribution >= 0.6 is 23.1 Å². The summed E-state index contributed by atoms with van der Waals surface area (Å²) in [4.78, 5) is 4.46. The Kier molecular flexibility index (Phi) is 9.12. The molecule has 0 amide bonds. The van der Waals surface area contributed by atoms with Gasteiger partial charge in [0, 0.05) is 23.2 Å². The molecule has 0 saturated heterocycles. The van der Waals surface area contributed by atoms with Gasteiger partial charge in [0.2, 0.25) is 0 Å². The zero-order valence-corrected chi connectivity index (χ0v) is 17.1. The summed E-state index contributed by atoms with van der Waals surface area (Å²) in [7, 11) is 0. The van der Waals surface area contributed by atoms with Crippen molar-refractivity contribution >= 4 is 23.1 Å². The maximum Gasteiger partial charge on any atom is 0.301 e. The van der Waals surface area contributed by atoms with Gasteiger partial charge >= 0.3 is 6.08 Å². The van der Waals surface area contributed by atoms with Crippen LogP contribution in [0.1, 0.15) is 44.2 Å². The van der Waals surface area contributed by atoms with E-state index in [1.165, 1.54) is 5.57 Å². The van der Waals surface area contributed by atoms with Gasteiger partial charge in [0.15, 0.2) is 5.83 Å². The predicted octanol–water partition coefficient (Wildman–Crippen LogP) is 6.68. The topological polar surface area (TPSA) is 33.1 Å². The lowest BCUT2D eigenvalue weighted by atomic mass is 9.91. The number of halogens is 3. The van der Waals surface area contributed by atoms with E-state index in [-0.39, 0.29) is 6.42 Å². The molecule has 1 aliphatic carbocycles. The summed E-state index contributed by atoms with van der Waals surface area (Å²) in [6.45, 7) is 6.19. The van der Waals surface area contributed by atoms with Gasteiger partial charge in [-0.15, -0.1) is 11.3 Å². The Balaban J connectivity index is 1.75. The van der Waals surface area contributed by atoms with Gasteiger partial charge in [0.25, 0.3) is 0 Å². The van der Waals surface area contributed by atoms with Crippen LogP contribution in [0.15, 0.2) is 45.9 Å². The Morgan fingerprint density at radius 2 is 2.26 bits per heavy atom. The van der Waals surface area contributed by atoms with Crippen LogP contribution in [0.4, 0.5) is 13.2 Å². The maximum atomic E-state index is 12.8. The Hall–Kier alpha value is -1.05. The average Bonchev–Trinajstić information content (AvgIpc) is 3.19. The van der Waals surface area contributed by atoms with Gasteiger partial charge in [-0.3, -0.25) is 0 Å². The standard InChI is InChI=1S/C20H26F3NOS2/c1-13-6-7-15(4-3-5-16(25)8-9-18(21)19(22)23)17(13)10-11-26-20-24-14(2)12-27-20/h3-4,12,15-17,25H,1,5-11H2,2H3/b4-3+. The van der Waals surface area contributed by atoms with Gasteiger partial charge in [-0.05, 0) is 50.9 Å². The Morgan fingerprint density at radius 3 is 2.93 bits per heavy atom. The molecule has 7 heteroatoms. The van der Waals surface area contributed by atoms with Crippen molar-refractivity contribution in [1.29, 1.82) is 0 Å². The third kappa shape index (κ3) is 7.47.